The molecule has 1 heterocycles. The van der Waals surface area contributed by atoms with Gasteiger partial charge in [-0.15, -0.1) is 11.3 Å². The molecule has 1 aromatic rings. The zero-order valence-electron chi connectivity index (χ0n) is 13.9. The summed E-state index contributed by atoms with van der Waals surface area (Å²) in [5.74, 6) is -1.45. The Morgan fingerprint density at radius 3 is 2.04 bits per heavy atom. The number of nitrogens with one attached hydrogen (secondary N) is 1. The van der Waals surface area contributed by atoms with E-state index >= 15 is 0 Å². The van der Waals surface area contributed by atoms with Gasteiger partial charge in [0.1, 0.15) is 4.88 Å². The second-order valence-electron chi connectivity index (χ2n) is 5.36. The molecule has 0 saturated carbocycles. The zero-order valence-corrected chi connectivity index (χ0v) is 15.6. The molecule has 0 saturated heterocycles. The van der Waals surface area contributed by atoms with Crippen LogP contribution in [0.1, 0.15) is 46.4 Å². The number of hydrogen-bond acceptors (Lipinski definition) is 7. The summed E-state index contributed by atoms with van der Waals surface area (Å²) in [6.45, 7) is 6.95. The topological polar surface area (TPSA) is 98.8 Å². The van der Waals surface area contributed by atoms with E-state index in [1.54, 1.807) is 6.92 Å². The van der Waals surface area contributed by atoms with Crippen LogP contribution in [0.2, 0.25) is 0 Å². The van der Waals surface area contributed by atoms with Crippen molar-refractivity contribution in [1.82, 2.24) is 4.72 Å². The number of carbonyl (C=O) groups is 2. The molecule has 130 valence electrons. The Hall–Kier alpha value is -1.45. The maximum Gasteiger partial charge on any atom is 0.348 e. The Morgan fingerprint density at radius 2 is 1.61 bits per heavy atom. The third-order valence-electron chi connectivity index (χ3n) is 3.46. The monoisotopic (exact) mass is 363 g/mol. The normalized spacial score (nSPS) is 13.0. The number of rotatable bonds is 6. The van der Waals surface area contributed by atoms with Crippen LogP contribution >= 0.6 is 11.3 Å². The van der Waals surface area contributed by atoms with Gasteiger partial charge in [0, 0.05) is 6.04 Å². The molecule has 23 heavy (non-hydrogen) atoms. The molecule has 1 aromatic heterocycles. The highest BCUT2D eigenvalue weighted by atomic mass is 32.2. The van der Waals surface area contributed by atoms with Crippen molar-refractivity contribution in [2.75, 3.05) is 14.2 Å². The number of sulfonamides is 1. The first-order valence-corrected chi connectivity index (χ1v) is 9.19. The predicted molar refractivity (Wildman–Crippen MR) is 86.4 cm³/mol. The molecular formula is C14H21NO6S2. The number of carbonyl (C=O) groups excluding carboxylic acids is 2. The summed E-state index contributed by atoms with van der Waals surface area (Å²) in [5.41, 5.74) is 0.0904. The highest BCUT2D eigenvalue weighted by Crippen LogP contribution is 2.33. The minimum atomic E-state index is -3.97. The Balaban J connectivity index is 3.50. The van der Waals surface area contributed by atoms with E-state index in [0.717, 1.165) is 7.11 Å². The van der Waals surface area contributed by atoms with Crippen LogP contribution in [0.15, 0.2) is 4.21 Å². The average Bonchev–Trinajstić information content (AvgIpc) is 2.83. The molecule has 0 bridgehead atoms. The first-order chi connectivity index (χ1) is 10.6. The van der Waals surface area contributed by atoms with Gasteiger partial charge in [0.05, 0.1) is 19.8 Å². The molecule has 0 fully saturated rings. The van der Waals surface area contributed by atoms with Crippen molar-refractivity contribution in [1.29, 1.82) is 0 Å². The highest BCUT2D eigenvalue weighted by molar-refractivity contribution is 7.91. The number of thiophene rings is 1. The van der Waals surface area contributed by atoms with E-state index in [1.807, 2.05) is 13.8 Å². The Morgan fingerprint density at radius 1 is 1.09 bits per heavy atom. The molecule has 0 radical (unpaired) electrons. The van der Waals surface area contributed by atoms with E-state index in [2.05, 4.69) is 14.2 Å². The molecule has 1 N–H and O–H groups in total. The lowest BCUT2D eigenvalue weighted by Gasteiger charge is -2.17. The van der Waals surface area contributed by atoms with Gasteiger partial charge in [-0.3, -0.25) is 0 Å². The van der Waals surface area contributed by atoms with Gasteiger partial charge < -0.3 is 9.47 Å². The third-order valence-corrected chi connectivity index (χ3v) is 6.81. The fourth-order valence-electron chi connectivity index (χ4n) is 1.74. The van der Waals surface area contributed by atoms with Crippen molar-refractivity contribution in [2.45, 2.75) is 37.9 Å². The van der Waals surface area contributed by atoms with Crippen LogP contribution in [-0.2, 0) is 19.5 Å². The van der Waals surface area contributed by atoms with Gasteiger partial charge in [0.15, 0.2) is 4.21 Å². The van der Waals surface area contributed by atoms with Crippen LogP contribution in [0, 0.1) is 12.8 Å². The highest BCUT2D eigenvalue weighted by Gasteiger charge is 2.33. The summed E-state index contributed by atoms with van der Waals surface area (Å²) in [6, 6.07) is -0.338. The Kier molecular flexibility index (Phi) is 6.32. The van der Waals surface area contributed by atoms with Crippen LogP contribution < -0.4 is 4.72 Å². The standard InChI is InChI=1S/C14H21NO6S2/c1-7(2)9(4)15-23(18,19)14-10(12(16)20-5)8(3)11(22-14)13(17)21-6/h7,9,15H,1-6H3/t9-/m0/s1. The van der Waals surface area contributed by atoms with Gasteiger partial charge in [0.25, 0.3) is 10.0 Å². The van der Waals surface area contributed by atoms with Crippen LogP contribution in [0.3, 0.4) is 0 Å². The van der Waals surface area contributed by atoms with Crippen molar-refractivity contribution in [3.63, 3.8) is 0 Å². The number of ether oxygens (including phenoxy) is 2. The molecule has 7 nitrogen and oxygen atoms in total. The molecule has 1 rings (SSSR count). The van der Waals surface area contributed by atoms with E-state index in [9.17, 15) is 18.0 Å². The maximum absolute atomic E-state index is 12.6. The number of methoxy groups -OCH3 is 2. The largest absolute Gasteiger partial charge is 0.465 e. The Labute approximate surface area is 140 Å². The van der Waals surface area contributed by atoms with Crippen LogP contribution in [0.25, 0.3) is 0 Å². The minimum absolute atomic E-state index is 0.0606. The minimum Gasteiger partial charge on any atom is -0.465 e. The smallest absolute Gasteiger partial charge is 0.348 e. The molecule has 0 aliphatic heterocycles. The van der Waals surface area contributed by atoms with Crippen molar-refractivity contribution >= 4 is 33.3 Å². The maximum atomic E-state index is 12.6. The summed E-state index contributed by atoms with van der Waals surface area (Å²) in [7, 11) is -1.64. The lowest BCUT2D eigenvalue weighted by Crippen LogP contribution is -2.36. The summed E-state index contributed by atoms with van der Waals surface area (Å²) in [6.07, 6.45) is 0. The van der Waals surface area contributed by atoms with E-state index in [1.165, 1.54) is 14.0 Å². The van der Waals surface area contributed by atoms with Crippen molar-refractivity contribution < 1.29 is 27.5 Å². The average molecular weight is 363 g/mol. The van der Waals surface area contributed by atoms with Gasteiger partial charge >= 0.3 is 11.9 Å². The van der Waals surface area contributed by atoms with E-state index in [-0.39, 0.29) is 32.2 Å². The van der Waals surface area contributed by atoms with Gasteiger partial charge in [-0.05, 0) is 25.3 Å². The second kappa shape index (κ2) is 7.41. The quantitative estimate of drug-likeness (QED) is 0.776. The second-order valence-corrected chi connectivity index (χ2v) is 8.29. The zero-order chi connectivity index (χ0) is 17.9. The number of hydrogen-bond donors (Lipinski definition) is 1. The van der Waals surface area contributed by atoms with Gasteiger partial charge in [-0.2, -0.15) is 0 Å². The molecule has 0 aliphatic rings. The van der Waals surface area contributed by atoms with Gasteiger partial charge in [-0.1, -0.05) is 13.8 Å². The molecule has 0 aromatic carbocycles. The Bertz CT molecular complexity index is 705. The molecule has 0 unspecified atom stereocenters. The molecule has 0 aliphatic carbocycles. The predicted octanol–water partition coefficient (Wildman–Crippen LogP) is 1.95. The lowest BCUT2D eigenvalue weighted by atomic mass is 10.1. The van der Waals surface area contributed by atoms with Crippen molar-refractivity contribution in [3.05, 3.63) is 16.0 Å². The van der Waals surface area contributed by atoms with Gasteiger partial charge in [-0.25, -0.2) is 22.7 Å². The van der Waals surface area contributed by atoms with Crippen molar-refractivity contribution in [3.8, 4) is 0 Å². The summed E-state index contributed by atoms with van der Waals surface area (Å²) in [4.78, 5) is 23.8. The lowest BCUT2D eigenvalue weighted by molar-refractivity contribution is 0.0596. The fourth-order valence-corrected chi connectivity index (χ4v) is 4.89. The summed E-state index contributed by atoms with van der Waals surface area (Å²) < 4.78 is 36.8. The molecular weight excluding hydrogens is 342 g/mol. The summed E-state index contributed by atoms with van der Waals surface area (Å²) in [5, 5.41) is 0. The number of esters is 2. The van der Waals surface area contributed by atoms with Crippen LogP contribution in [-0.4, -0.2) is 40.6 Å². The SMILES string of the molecule is COC(=O)c1sc(S(=O)(=O)N[C@@H](C)C(C)C)c(C(=O)OC)c1C. The van der Waals surface area contributed by atoms with Crippen LogP contribution in [0.4, 0.5) is 0 Å². The van der Waals surface area contributed by atoms with E-state index in [0.29, 0.717) is 11.3 Å². The first kappa shape index (κ1) is 19.6. The van der Waals surface area contributed by atoms with Crippen molar-refractivity contribution in [2.24, 2.45) is 5.92 Å². The van der Waals surface area contributed by atoms with Crippen LogP contribution in [0.5, 0.6) is 0 Å². The molecule has 0 spiro atoms. The van der Waals surface area contributed by atoms with E-state index < -0.39 is 22.0 Å². The third kappa shape index (κ3) is 4.10. The summed E-state index contributed by atoms with van der Waals surface area (Å²) >= 11 is 0.697. The molecule has 9 heteroatoms. The van der Waals surface area contributed by atoms with E-state index in [4.69, 9.17) is 0 Å². The molecule has 1 atom stereocenters. The fraction of sp³-hybridized carbons (Fsp3) is 0.571. The molecule has 0 amide bonds. The van der Waals surface area contributed by atoms with Gasteiger partial charge in [0.2, 0.25) is 0 Å². The first-order valence-electron chi connectivity index (χ1n) is 6.89.